The SMILES string of the molecule is CCc1nc(CC(=O)N[C@@H](C)[C@H](O)c2ccc(F)cc2)cs1. The van der Waals surface area contributed by atoms with Crippen molar-refractivity contribution in [1.82, 2.24) is 10.3 Å². The van der Waals surface area contributed by atoms with Gasteiger partial charge in [-0.25, -0.2) is 9.37 Å². The minimum Gasteiger partial charge on any atom is -0.386 e. The highest BCUT2D eigenvalue weighted by Crippen LogP contribution is 2.17. The van der Waals surface area contributed by atoms with Crippen LogP contribution in [0.5, 0.6) is 0 Å². The van der Waals surface area contributed by atoms with Crippen LogP contribution in [-0.2, 0) is 17.6 Å². The van der Waals surface area contributed by atoms with Crippen LogP contribution in [0.3, 0.4) is 0 Å². The number of halogens is 1. The summed E-state index contributed by atoms with van der Waals surface area (Å²) in [6.45, 7) is 3.73. The summed E-state index contributed by atoms with van der Waals surface area (Å²) in [6, 6.07) is 5.12. The Bertz CT molecular complexity index is 627. The molecule has 0 saturated carbocycles. The summed E-state index contributed by atoms with van der Waals surface area (Å²) in [5, 5.41) is 15.8. The van der Waals surface area contributed by atoms with E-state index < -0.39 is 12.1 Å². The quantitative estimate of drug-likeness (QED) is 0.859. The first-order valence-corrected chi connectivity index (χ1v) is 8.03. The van der Waals surface area contributed by atoms with Crippen LogP contribution in [0.1, 0.15) is 36.2 Å². The normalized spacial score (nSPS) is 13.6. The van der Waals surface area contributed by atoms with Crippen LogP contribution in [0, 0.1) is 5.82 Å². The van der Waals surface area contributed by atoms with Gasteiger partial charge in [0, 0.05) is 5.38 Å². The van der Waals surface area contributed by atoms with E-state index in [1.807, 2.05) is 12.3 Å². The number of nitrogens with one attached hydrogen (secondary N) is 1. The summed E-state index contributed by atoms with van der Waals surface area (Å²) in [7, 11) is 0. The van der Waals surface area contributed by atoms with Gasteiger partial charge in [-0.1, -0.05) is 19.1 Å². The molecule has 0 unspecified atom stereocenters. The zero-order valence-corrected chi connectivity index (χ0v) is 13.4. The maximum atomic E-state index is 12.9. The van der Waals surface area contributed by atoms with Crippen molar-refractivity contribution in [2.45, 2.75) is 38.8 Å². The third-order valence-corrected chi connectivity index (χ3v) is 4.36. The van der Waals surface area contributed by atoms with Crippen LogP contribution in [0.4, 0.5) is 4.39 Å². The van der Waals surface area contributed by atoms with Gasteiger partial charge in [0.05, 0.1) is 29.3 Å². The molecule has 4 nitrogen and oxygen atoms in total. The third-order valence-electron chi connectivity index (χ3n) is 3.32. The lowest BCUT2D eigenvalue weighted by Gasteiger charge is -2.20. The summed E-state index contributed by atoms with van der Waals surface area (Å²) in [5.74, 6) is -0.551. The Labute approximate surface area is 133 Å². The van der Waals surface area contributed by atoms with Crippen molar-refractivity contribution in [2.24, 2.45) is 0 Å². The molecule has 1 aromatic heterocycles. The first kappa shape index (κ1) is 16.6. The lowest BCUT2D eigenvalue weighted by molar-refractivity contribution is -0.121. The molecule has 0 saturated heterocycles. The average molecular weight is 322 g/mol. The smallest absolute Gasteiger partial charge is 0.226 e. The largest absolute Gasteiger partial charge is 0.386 e. The van der Waals surface area contributed by atoms with Crippen molar-refractivity contribution >= 4 is 17.2 Å². The van der Waals surface area contributed by atoms with Crippen LogP contribution >= 0.6 is 11.3 Å². The molecule has 1 heterocycles. The van der Waals surface area contributed by atoms with Gasteiger partial charge in [0.25, 0.3) is 0 Å². The van der Waals surface area contributed by atoms with E-state index in [1.54, 1.807) is 6.92 Å². The van der Waals surface area contributed by atoms with Crippen molar-refractivity contribution in [1.29, 1.82) is 0 Å². The highest BCUT2D eigenvalue weighted by molar-refractivity contribution is 7.09. The van der Waals surface area contributed by atoms with Crippen molar-refractivity contribution in [3.05, 3.63) is 51.7 Å². The van der Waals surface area contributed by atoms with E-state index in [2.05, 4.69) is 10.3 Å². The molecule has 22 heavy (non-hydrogen) atoms. The molecule has 1 aromatic carbocycles. The predicted octanol–water partition coefficient (Wildman–Crippen LogP) is 2.63. The molecule has 0 bridgehead atoms. The van der Waals surface area contributed by atoms with E-state index in [0.29, 0.717) is 5.56 Å². The molecule has 0 aliphatic rings. The van der Waals surface area contributed by atoms with Gasteiger partial charge in [0.15, 0.2) is 0 Å². The number of carbonyl (C=O) groups is 1. The molecule has 6 heteroatoms. The Hall–Kier alpha value is -1.79. The van der Waals surface area contributed by atoms with Crippen molar-refractivity contribution in [3.63, 3.8) is 0 Å². The molecule has 0 spiro atoms. The molecular weight excluding hydrogens is 303 g/mol. The Morgan fingerprint density at radius 3 is 2.68 bits per heavy atom. The Morgan fingerprint density at radius 1 is 1.41 bits per heavy atom. The van der Waals surface area contributed by atoms with E-state index in [9.17, 15) is 14.3 Å². The number of aromatic nitrogens is 1. The van der Waals surface area contributed by atoms with Gasteiger partial charge in [0.1, 0.15) is 5.82 Å². The number of thiazole rings is 1. The maximum absolute atomic E-state index is 12.9. The second-order valence-electron chi connectivity index (χ2n) is 5.12. The number of aliphatic hydroxyl groups excluding tert-OH is 1. The van der Waals surface area contributed by atoms with Gasteiger partial charge >= 0.3 is 0 Å². The van der Waals surface area contributed by atoms with Gasteiger partial charge in [-0.15, -0.1) is 11.3 Å². The van der Waals surface area contributed by atoms with Gasteiger partial charge in [-0.2, -0.15) is 0 Å². The fourth-order valence-electron chi connectivity index (χ4n) is 2.09. The van der Waals surface area contributed by atoms with Crippen molar-refractivity contribution < 1.29 is 14.3 Å². The van der Waals surface area contributed by atoms with E-state index in [0.717, 1.165) is 17.1 Å². The lowest BCUT2D eigenvalue weighted by Crippen LogP contribution is -2.38. The van der Waals surface area contributed by atoms with E-state index in [-0.39, 0.29) is 18.1 Å². The first-order chi connectivity index (χ1) is 10.5. The molecule has 2 rings (SSSR count). The third kappa shape index (κ3) is 4.35. The fraction of sp³-hybridized carbons (Fsp3) is 0.375. The minimum atomic E-state index is -0.883. The zero-order chi connectivity index (χ0) is 16.1. The average Bonchev–Trinajstić information content (AvgIpc) is 2.94. The van der Waals surface area contributed by atoms with Crippen molar-refractivity contribution in [3.8, 4) is 0 Å². The molecule has 1 amide bonds. The molecule has 118 valence electrons. The first-order valence-electron chi connectivity index (χ1n) is 7.15. The minimum absolute atomic E-state index is 0.191. The standard InChI is InChI=1S/C16H19FN2O2S/c1-3-15-19-13(9-22-15)8-14(20)18-10(2)16(21)11-4-6-12(17)7-5-11/h4-7,9-10,16,21H,3,8H2,1-2H3,(H,18,20)/t10-,16-/m0/s1. The lowest BCUT2D eigenvalue weighted by atomic mass is 10.0. The number of amides is 1. The summed E-state index contributed by atoms with van der Waals surface area (Å²) >= 11 is 1.54. The van der Waals surface area contributed by atoms with Gasteiger partial charge in [-0.3, -0.25) is 4.79 Å². The molecule has 2 atom stereocenters. The second kappa shape index (κ2) is 7.47. The number of aliphatic hydroxyl groups is 1. The van der Waals surface area contributed by atoms with E-state index in [1.165, 1.54) is 35.6 Å². The van der Waals surface area contributed by atoms with Crippen LogP contribution in [-0.4, -0.2) is 22.0 Å². The van der Waals surface area contributed by atoms with E-state index in [4.69, 9.17) is 0 Å². The Morgan fingerprint density at radius 2 is 2.09 bits per heavy atom. The Kier molecular flexibility index (Phi) is 5.63. The summed E-state index contributed by atoms with van der Waals surface area (Å²) in [4.78, 5) is 16.3. The molecular formula is C16H19FN2O2S. The van der Waals surface area contributed by atoms with E-state index >= 15 is 0 Å². The molecule has 2 N–H and O–H groups in total. The molecule has 0 aliphatic heterocycles. The summed E-state index contributed by atoms with van der Waals surface area (Å²) in [6.07, 6.45) is 0.161. The molecule has 0 radical (unpaired) electrons. The van der Waals surface area contributed by atoms with Crippen LogP contribution in [0.25, 0.3) is 0 Å². The highest BCUT2D eigenvalue weighted by atomic mass is 32.1. The van der Waals surface area contributed by atoms with Gasteiger partial charge < -0.3 is 10.4 Å². The number of hydrogen-bond acceptors (Lipinski definition) is 4. The number of benzene rings is 1. The van der Waals surface area contributed by atoms with Crippen LogP contribution in [0.2, 0.25) is 0 Å². The fourth-order valence-corrected chi connectivity index (χ4v) is 2.83. The highest BCUT2D eigenvalue weighted by Gasteiger charge is 2.19. The van der Waals surface area contributed by atoms with Crippen LogP contribution < -0.4 is 5.32 Å². The number of hydrogen-bond donors (Lipinski definition) is 2. The summed E-state index contributed by atoms with van der Waals surface area (Å²) in [5.41, 5.74) is 1.30. The molecule has 2 aromatic rings. The van der Waals surface area contributed by atoms with Crippen LogP contribution in [0.15, 0.2) is 29.6 Å². The topological polar surface area (TPSA) is 62.2 Å². The molecule has 0 aliphatic carbocycles. The number of aryl methyl sites for hydroxylation is 1. The monoisotopic (exact) mass is 322 g/mol. The molecule has 0 fully saturated rings. The number of carbonyl (C=O) groups excluding carboxylic acids is 1. The van der Waals surface area contributed by atoms with Gasteiger partial charge in [0.2, 0.25) is 5.91 Å². The van der Waals surface area contributed by atoms with Gasteiger partial charge in [-0.05, 0) is 31.0 Å². The summed E-state index contributed by atoms with van der Waals surface area (Å²) < 4.78 is 12.9. The second-order valence-corrected chi connectivity index (χ2v) is 6.06. The van der Waals surface area contributed by atoms with Crippen molar-refractivity contribution in [2.75, 3.05) is 0 Å². The Balaban J connectivity index is 1.91. The zero-order valence-electron chi connectivity index (χ0n) is 12.5. The number of nitrogens with zero attached hydrogens (tertiary/aromatic N) is 1. The number of rotatable bonds is 6. The predicted molar refractivity (Wildman–Crippen MR) is 84.2 cm³/mol. The maximum Gasteiger partial charge on any atom is 0.226 e.